The molecule has 60 valence electrons. The number of halogens is 2. The summed E-state index contributed by atoms with van der Waals surface area (Å²) in [4.78, 5) is 0. The lowest BCUT2D eigenvalue weighted by Crippen LogP contribution is -2.05. The van der Waals surface area contributed by atoms with Gasteiger partial charge in [0.15, 0.2) is 0 Å². The maximum Gasteiger partial charge on any atom is 0.122 e. The predicted molar refractivity (Wildman–Crippen MR) is 43.1 cm³/mol. The van der Waals surface area contributed by atoms with Crippen LogP contribution in [-0.2, 0) is 4.74 Å². The maximum absolute atomic E-state index is 12.7. The van der Waals surface area contributed by atoms with Crippen molar-refractivity contribution in [3.8, 4) is 0 Å². The molecule has 0 saturated carbocycles. The van der Waals surface area contributed by atoms with E-state index in [1.807, 2.05) is 0 Å². The summed E-state index contributed by atoms with van der Waals surface area (Å²) < 4.78 is 17.4. The first-order chi connectivity index (χ1) is 5.25. The van der Waals surface area contributed by atoms with Crippen LogP contribution >= 0.6 is 11.6 Å². The smallest absolute Gasteiger partial charge is 0.122 e. The zero-order chi connectivity index (χ0) is 8.27. The summed E-state index contributed by atoms with van der Waals surface area (Å²) in [5.41, 5.74) is 0.633. The molecule has 0 aromatic carbocycles. The molecule has 0 radical (unpaired) electrons. The average molecular weight is 175 g/mol. The van der Waals surface area contributed by atoms with E-state index >= 15 is 0 Å². The van der Waals surface area contributed by atoms with Gasteiger partial charge in [0.25, 0.3) is 0 Å². The van der Waals surface area contributed by atoms with Crippen LogP contribution in [0.2, 0.25) is 0 Å². The van der Waals surface area contributed by atoms with E-state index in [1.54, 1.807) is 12.2 Å². The zero-order valence-electron chi connectivity index (χ0n) is 6.05. The van der Waals surface area contributed by atoms with Crippen LogP contribution in [0.5, 0.6) is 0 Å². The predicted octanol–water partition coefficient (Wildman–Crippen LogP) is 2.55. The van der Waals surface area contributed by atoms with Crippen LogP contribution in [0.1, 0.15) is 0 Å². The molecule has 1 rings (SSSR count). The molecule has 0 saturated heterocycles. The van der Waals surface area contributed by atoms with E-state index in [0.29, 0.717) is 5.57 Å². The van der Waals surface area contributed by atoms with Crippen LogP contribution in [0.25, 0.3) is 0 Å². The van der Waals surface area contributed by atoms with Gasteiger partial charge in [-0.2, -0.15) is 0 Å². The van der Waals surface area contributed by atoms with E-state index in [4.69, 9.17) is 16.3 Å². The second-order valence-corrected chi connectivity index (χ2v) is 2.56. The van der Waals surface area contributed by atoms with Crippen molar-refractivity contribution in [1.29, 1.82) is 0 Å². The van der Waals surface area contributed by atoms with Gasteiger partial charge in [0.05, 0.1) is 13.4 Å². The van der Waals surface area contributed by atoms with Gasteiger partial charge in [-0.05, 0) is 6.08 Å². The van der Waals surface area contributed by atoms with Gasteiger partial charge in [-0.25, -0.2) is 4.39 Å². The Hall–Kier alpha value is -0.760. The van der Waals surface area contributed by atoms with Gasteiger partial charge in [-0.3, -0.25) is 0 Å². The third-order valence-electron chi connectivity index (χ3n) is 1.33. The third-order valence-corrected chi connectivity index (χ3v) is 1.79. The molecule has 1 aliphatic rings. The largest absolute Gasteiger partial charge is 0.504 e. The van der Waals surface area contributed by atoms with Gasteiger partial charge in [-0.1, -0.05) is 12.2 Å². The lowest BCUT2D eigenvalue weighted by molar-refractivity contribution is 0.334. The molecule has 3 heteroatoms. The number of methoxy groups -OCH3 is 1. The average Bonchev–Trinajstić information content (AvgIpc) is 1.99. The van der Waals surface area contributed by atoms with Crippen molar-refractivity contribution in [2.24, 2.45) is 0 Å². The molecule has 0 bridgehead atoms. The molecule has 0 aromatic heterocycles. The fraction of sp³-hybridized carbons (Fsp3) is 0.250. The Labute approximate surface area is 69.8 Å². The van der Waals surface area contributed by atoms with E-state index in [9.17, 15) is 4.39 Å². The highest BCUT2D eigenvalue weighted by molar-refractivity contribution is 6.24. The SMILES string of the molecule is COC=C1C=CC=C(F)C1Cl. The number of hydrogen-bond acceptors (Lipinski definition) is 1. The standard InChI is InChI=1S/C8H8ClFO/c1-11-5-6-3-2-4-7(10)8(6)9/h2-5,8H,1H3. The minimum Gasteiger partial charge on any atom is -0.504 e. The van der Waals surface area contributed by atoms with Crippen LogP contribution in [0.15, 0.2) is 35.9 Å². The molecule has 0 aliphatic heterocycles. The Balaban J connectivity index is 2.81. The van der Waals surface area contributed by atoms with Crippen molar-refractivity contribution < 1.29 is 9.13 Å². The topological polar surface area (TPSA) is 9.23 Å². The van der Waals surface area contributed by atoms with E-state index in [2.05, 4.69) is 0 Å². The summed E-state index contributed by atoms with van der Waals surface area (Å²) in [6, 6.07) is 0. The monoisotopic (exact) mass is 174 g/mol. The first kappa shape index (κ1) is 8.34. The molecule has 11 heavy (non-hydrogen) atoms. The summed E-state index contributed by atoms with van der Waals surface area (Å²) in [5.74, 6) is -0.350. The van der Waals surface area contributed by atoms with E-state index in [1.165, 1.54) is 19.4 Å². The zero-order valence-corrected chi connectivity index (χ0v) is 6.81. The molecular weight excluding hydrogens is 167 g/mol. The van der Waals surface area contributed by atoms with Gasteiger partial charge < -0.3 is 4.74 Å². The molecule has 0 heterocycles. The maximum atomic E-state index is 12.7. The Bertz CT molecular complexity index is 230. The molecule has 1 unspecified atom stereocenters. The summed E-state index contributed by atoms with van der Waals surface area (Å²) in [6.07, 6.45) is 6.08. The van der Waals surface area contributed by atoms with Crippen LogP contribution in [0.4, 0.5) is 4.39 Å². The van der Waals surface area contributed by atoms with Crippen molar-refractivity contribution in [1.82, 2.24) is 0 Å². The molecule has 1 nitrogen and oxygen atoms in total. The number of allylic oxidation sites excluding steroid dienone is 5. The lowest BCUT2D eigenvalue weighted by atomic mass is 10.1. The van der Waals surface area contributed by atoms with E-state index in [0.717, 1.165) is 0 Å². The van der Waals surface area contributed by atoms with Crippen LogP contribution in [0.3, 0.4) is 0 Å². The second-order valence-electron chi connectivity index (χ2n) is 2.13. The number of hydrogen-bond donors (Lipinski definition) is 0. The summed E-state index contributed by atoms with van der Waals surface area (Å²) >= 11 is 5.67. The number of ether oxygens (including phenoxy) is 1. The molecule has 1 aliphatic carbocycles. The fourth-order valence-electron chi connectivity index (χ4n) is 0.814. The fourth-order valence-corrected chi connectivity index (χ4v) is 1.01. The van der Waals surface area contributed by atoms with Gasteiger partial charge >= 0.3 is 0 Å². The van der Waals surface area contributed by atoms with Crippen molar-refractivity contribution in [3.05, 3.63) is 35.9 Å². The van der Waals surface area contributed by atoms with Crippen molar-refractivity contribution >= 4 is 11.6 Å². The van der Waals surface area contributed by atoms with Gasteiger partial charge in [0.2, 0.25) is 0 Å². The first-order valence-corrected chi connectivity index (χ1v) is 3.60. The highest BCUT2D eigenvalue weighted by atomic mass is 35.5. The number of rotatable bonds is 1. The van der Waals surface area contributed by atoms with E-state index in [-0.39, 0.29) is 5.83 Å². The van der Waals surface area contributed by atoms with Crippen LogP contribution in [-0.4, -0.2) is 12.5 Å². The molecule has 0 spiro atoms. The Morgan fingerprint density at radius 1 is 1.73 bits per heavy atom. The molecule has 0 aromatic rings. The lowest BCUT2D eigenvalue weighted by Gasteiger charge is -2.10. The Morgan fingerprint density at radius 3 is 3.09 bits per heavy atom. The minimum atomic E-state index is -0.694. The van der Waals surface area contributed by atoms with Crippen molar-refractivity contribution in [3.63, 3.8) is 0 Å². The summed E-state index contributed by atoms with van der Waals surface area (Å²) in [7, 11) is 1.50. The highest BCUT2D eigenvalue weighted by Crippen LogP contribution is 2.24. The van der Waals surface area contributed by atoms with Gasteiger partial charge in [0, 0.05) is 5.57 Å². The summed E-state index contributed by atoms with van der Waals surface area (Å²) in [6.45, 7) is 0. The molecule has 0 fully saturated rings. The van der Waals surface area contributed by atoms with Crippen LogP contribution < -0.4 is 0 Å². The van der Waals surface area contributed by atoms with Crippen LogP contribution in [0, 0.1) is 0 Å². The quantitative estimate of drug-likeness (QED) is 0.439. The molecule has 0 N–H and O–H groups in total. The normalized spacial score (nSPS) is 27.0. The van der Waals surface area contributed by atoms with Gasteiger partial charge in [0.1, 0.15) is 11.2 Å². The van der Waals surface area contributed by atoms with Gasteiger partial charge in [-0.15, -0.1) is 11.6 Å². The van der Waals surface area contributed by atoms with Crippen molar-refractivity contribution in [2.45, 2.75) is 5.38 Å². The summed E-state index contributed by atoms with van der Waals surface area (Å²) in [5, 5.41) is -0.694. The second kappa shape index (κ2) is 3.58. The number of alkyl halides is 1. The Kier molecular flexibility index (Phi) is 2.71. The van der Waals surface area contributed by atoms with E-state index < -0.39 is 5.38 Å². The molecule has 0 amide bonds. The first-order valence-electron chi connectivity index (χ1n) is 3.16. The minimum absolute atomic E-state index is 0.350. The third kappa shape index (κ3) is 1.84. The molecular formula is C8H8ClFO. The highest BCUT2D eigenvalue weighted by Gasteiger charge is 2.16. The Morgan fingerprint density at radius 2 is 2.45 bits per heavy atom. The molecule has 1 atom stereocenters. The van der Waals surface area contributed by atoms with Crippen molar-refractivity contribution in [2.75, 3.05) is 7.11 Å².